The molecule has 5 heteroatoms. The van der Waals surface area contributed by atoms with Crippen molar-refractivity contribution in [1.82, 2.24) is 0 Å². The number of carbonyl (C=O) groups is 2. The van der Waals surface area contributed by atoms with E-state index in [4.69, 9.17) is 9.47 Å². The van der Waals surface area contributed by atoms with Crippen molar-refractivity contribution < 1.29 is 24.2 Å². The summed E-state index contributed by atoms with van der Waals surface area (Å²) in [5, 5.41) is 9.66. The summed E-state index contributed by atoms with van der Waals surface area (Å²) in [5.41, 5.74) is 0. The lowest BCUT2D eigenvalue weighted by molar-refractivity contribution is -0.161. The topological polar surface area (TPSA) is 72.8 Å². The van der Waals surface area contributed by atoms with Gasteiger partial charge in [-0.2, -0.15) is 0 Å². The van der Waals surface area contributed by atoms with Crippen LogP contribution in [-0.2, 0) is 19.1 Å². The maximum Gasteiger partial charge on any atom is 0.306 e. The fourth-order valence-corrected chi connectivity index (χ4v) is 7.99. The first-order valence-electron chi connectivity index (χ1n) is 29.7. The quantitative estimate of drug-likeness (QED) is 0.0373. The van der Waals surface area contributed by atoms with E-state index in [1.165, 1.54) is 122 Å². The first-order chi connectivity index (χ1) is 35.6. The van der Waals surface area contributed by atoms with Crippen LogP contribution in [0.4, 0.5) is 0 Å². The van der Waals surface area contributed by atoms with Gasteiger partial charge in [0.15, 0.2) is 6.10 Å². The second-order valence-electron chi connectivity index (χ2n) is 19.3. The zero-order chi connectivity index (χ0) is 52.0. The Balaban J connectivity index is 3.62. The Morgan fingerprint density at radius 3 is 0.917 bits per heavy atom. The highest BCUT2D eigenvalue weighted by molar-refractivity contribution is 5.70. The molecule has 0 aromatic carbocycles. The third kappa shape index (κ3) is 58.6. The van der Waals surface area contributed by atoms with Crippen molar-refractivity contribution in [2.45, 2.75) is 264 Å². The van der Waals surface area contributed by atoms with Crippen molar-refractivity contribution in [1.29, 1.82) is 0 Å². The highest BCUT2D eigenvalue weighted by Gasteiger charge is 2.16. The molecule has 5 nitrogen and oxygen atoms in total. The fraction of sp³-hybridized carbons (Fsp3) is 0.642. The maximum absolute atomic E-state index is 12.3. The first kappa shape index (κ1) is 68.0. The molecule has 0 aromatic rings. The van der Waals surface area contributed by atoms with Crippen molar-refractivity contribution in [3.63, 3.8) is 0 Å². The molecule has 0 amide bonds. The van der Waals surface area contributed by atoms with E-state index in [9.17, 15) is 14.7 Å². The van der Waals surface area contributed by atoms with Gasteiger partial charge in [0, 0.05) is 12.8 Å². The zero-order valence-corrected chi connectivity index (χ0v) is 46.6. The Labute approximate surface area is 445 Å². The van der Waals surface area contributed by atoms with Crippen LogP contribution in [0.25, 0.3) is 0 Å². The predicted octanol–water partition coefficient (Wildman–Crippen LogP) is 20.4. The smallest absolute Gasteiger partial charge is 0.306 e. The molecule has 0 aromatic heterocycles. The molecule has 0 saturated heterocycles. The second kappa shape index (κ2) is 61.3. The van der Waals surface area contributed by atoms with Gasteiger partial charge in [0.25, 0.3) is 0 Å². The summed E-state index contributed by atoms with van der Waals surface area (Å²) in [5.74, 6) is -0.613. The molecule has 0 fully saturated rings. The summed E-state index contributed by atoms with van der Waals surface area (Å²) < 4.78 is 10.7. The number of esters is 2. The molecule has 408 valence electrons. The average Bonchev–Trinajstić information content (AvgIpc) is 3.38. The van der Waals surface area contributed by atoms with Crippen molar-refractivity contribution in [2.75, 3.05) is 13.2 Å². The van der Waals surface area contributed by atoms with Crippen molar-refractivity contribution >= 4 is 11.9 Å². The number of carbonyl (C=O) groups excluding carboxylic acids is 2. The molecule has 0 heterocycles. The summed E-state index contributed by atoms with van der Waals surface area (Å²) in [6, 6.07) is 0. The third-order valence-corrected chi connectivity index (χ3v) is 12.4. The van der Waals surface area contributed by atoms with Gasteiger partial charge in [-0.05, 0) is 116 Å². The predicted molar refractivity (Wildman–Crippen MR) is 315 cm³/mol. The van der Waals surface area contributed by atoms with Crippen LogP contribution >= 0.6 is 0 Å². The number of hydrogen-bond donors (Lipinski definition) is 1. The van der Waals surface area contributed by atoms with Gasteiger partial charge in [0.05, 0.1) is 6.61 Å². The highest BCUT2D eigenvalue weighted by Crippen LogP contribution is 2.14. The molecule has 0 radical (unpaired) electrons. The number of unbranched alkanes of at least 4 members (excludes halogenated alkanes) is 23. The summed E-state index contributed by atoms with van der Waals surface area (Å²) in [4.78, 5) is 24.5. The van der Waals surface area contributed by atoms with E-state index in [0.717, 1.165) is 109 Å². The summed E-state index contributed by atoms with van der Waals surface area (Å²) in [7, 11) is 0. The maximum atomic E-state index is 12.3. The van der Waals surface area contributed by atoms with Gasteiger partial charge >= 0.3 is 11.9 Å². The molecular weight excluding hydrogens is 885 g/mol. The number of rotatable bonds is 53. The van der Waals surface area contributed by atoms with E-state index in [1.54, 1.807) is 0 Å². The van der Waals surface area contributed by atoms with E-state index in [1.807, 2.05) is 0 Å². The molecule has 1 atom stereocenters. The van der Waals surface area contributed by atoms with Crippen molar-refractivity contribution in [3.8, 4) is 0 Å². The van der Waals surface area contributed by atoms with Gasteiger partial charge in [-0.15, -0.1) is 0 Å². The summed E-state index contributed by atoms with van der Waals surface area (Å²) in [6.07, 6.45) is 91.4. The number of ether oxygens (including phenoxy) is 2. The molecule has 0 aliphatic rings. The second-order valence-corrected chi connectivity index (χ2v) is 19.3. The van der Waals surface area contributed by atoms with Crippen LogP contribution in [0.1, 0.15) is 258 Å². The zero-order valence-electron chi connectivity index (χ0n) is 46.6. The lowest BCUT2D eigenvalue weighted by Crippen LogP contribution is -2.28. The molecule has 72 heavy (non-hydrogen) atoms. The third-order valence-electron chi connectivity index (χ3n) is 12.4. The number of aliphatic hydroxyl groups is 1. The van der Waals surface area contributed by atoms with Crippen LogP contribution in [0.15, 0.2) is 134 Å². The molecule has 0 spiro atoms. The molecule has 0 saturated carbocycles. The van der Waals surface area contributed by atoms with Crippen LogP contribution in [0.3, 0.4) is 0 Å². The monoisotopic (exact) mass is 995 g/mol. The minimum atomic E-state index is -0.791. The van der Waals surface area contributed by atoms with Gasteiger partial charge in [-0.25, -0.2) is 0 Å². The van der Waals surface area contributed by atoms with E-state index >= 15 is 0 Å². The highest BCUT2D eigenvalue weighted by atomic mass is 16.6. The normalized spacial score (nSPS) is 13.2. The van der Waals surface area contributed by atoms with Gasteiger partial charge in [0.1, 0.15) is 6.61 Å². The summed E-state index contributed by atoms with van der Waals surface area (Å²) in [6.45, 7) is 4.02. The standard InChI is InChI=1S/C67H110O5/c1-3-5-7-9-11-13-15-17-19-21-23-25-26-27-28-29-30-31-32-33-34-35-36-37-38-39-40-42-44-46-48-50-52-54-56-58-60-62-67(70)72-65(63-68)64-71-66(69)61-59-57-55-53-51-49-47-45-43-41-24-22-20-18-16-14-12-10-8-6-4-2/h5,7,11,13,17,19,22-25,27-28,30-31,33-34,36-37,39-40,44,46,65,68H,3-4,6,8-10,12,14-16,18,20-21,26,29,32,35,38,41-43,45,47-64H2,1-2H3/b7-5-,13-11-,19-17-,24-22-,25-23-,28-27-,31-30-,34-33-,37-36-,40-39-,46-44-. The Hall–Kier alpha value is -3.96. The molecule has 0 rings (SSSR count). The first-order valence-corrected chi connectivity index (χ1v) is 29.7. The molecule has 0 aliphatic carbocycles. The van der Waals surface area contributed by atoms with Crippen LogP contribution in [0.5, 0.6) is 0 Å². The minimum Gasteiger partial charge on any atom is -0.462 e. The number of hydrogen-bond acceptors (Lipinski definition) is 5. The Bertz CT molecular complexity index is 1500. The van der Waals surface area contributed by atoms with Gasteiger partial charge < -0.3 is 14.6 Å². The van der Waals surface area contributed by atoms with Gasteiger partial charge in [-0.3, -0.25) is 9.59 Å². The molecule has 1 unspecified atom stereocenters. The van der Waals surface area contributed by atoms with E-state index < -0.39 is 6.10 Å². The largest absolute Gasteiger partial charge is 0.462 e. The molecule has 1 N–H and O–H groups in total. The van der Waals surface area contributed by atoms with Crippen molar-refractivity contribution in [2.24, 2.45) is 0 Å². The minimum absolute atomic E-state index is 0.0794. The average molecular weight is 996 g/mol. The van der Waals surface area contributed by atoms with Gasteiger partial charge in [0.2, 0.25) is 0 Å². The number of aliphatic hydroxyl groups excluding tert-OH is 1. The Morgan fingerprint density at radius 1 is 0.333 bits per heavy atom. The van der Waals surface area contributed by atoms with Crippen LogP contribution in [0, 0.1) is 0 Å². The van der Waals surface area contributed by atoms with E-state index in [-0.39, 0.29) is 25.2 Å². The molecule has 0 aliphatic heterocycles. The fourth-order valence-electron chi connectivity index (χ4n) is 7.99. The van der Waals surface area contributed by atoms with Gasteiger partial charge in [-0.1, -0.05) is 263 Å². The van der Waals surface area contributed by atoms with Crippen molar-refractivity contribution in [3.05, 3.63) is 134 Å². The lowest BCUT2D eigenvalue weighted by Gasteiger charge is -2.15. The molecular formula is C67H110O5. The van der Waals surface area contributed by atoms with E-state index in [0.29, 0.717) is 12.8 Å². The molecule has 0 bridgehead atoms. The Morgan fingerprint density at radius 2 is 0.597 bits per heavy atom. The van der Waals surface area contributed by atoms with E-state index in [2.05, 4.69) is 148 Å². The SMILES string of the molecule is CC/C=C\C/C=C\C/C=C\C/C=C\C/C=C\C/C=C\C/C=C\C/C=C\C/C=C\C/C=C\CCCCCCCCC(=O)OC(CO)COC(=O)CCCCCCCCCCC/C=C\CCCCCCCCCC. The van der Waals surface area contributed by atoms with Crippen LogP contribution < -0.4 is 0 Å². The number of allylic oxidation sites excluding steroid dienone is 22. The summed E-state index contributed by atoms with van der Waals surface area (Å²) >= 11 is 0. The van der Waals surface area contributed by atoms with Crippen LogP contribution in [-0.4, -0.2) is 36.4 Å². The lowest BCUT2D eigenvalue weighted by atomic mass is 10.1. The van der Waals surface area contributed by atoms with Crippen LogP contribution in [0.2, 0.25) is 0 Å². The Kier molecular flexibility index (Phi) is 58.0.